The number of allylic oxidation sites excluding steroid dienone is 2. The maximum Gasteiger partial charge on any atom is 0.244 e. The van der Waals surface area contributed by atoms with E-state index in [9.17, 15) is 14.4 Å². The van der Waals surface area contributed by atoms with Gasteiger partial charge < -0.3 is 5.32 Å². The number of aryl methyl sites for hydroxylation is 2. The summed E-state index contributed by atoms with van der Waals surface area (Å²) < 4.78 is 0. The van der Waals surface area contributed by atoms with Gasteiger partial charge in [0.1, 0.15) is 6.54 Å². The number of carbonyl (C=O) groups is 3. The molecule has 2 bridgehead atoms. The van der Waals surface area contributed by atoms with E-state index in [0.29, 0.717) is 11.8 Å². The van der Waals surface area contributed by atoms with Gasteiger partial charge >= 0.3 is 0 Å². The highest BCUT2D eigenvalue weighted by Gasteiger charge is 2.67. The third-order valence-corrected chi connectivity index (χ3v) is 7.32. The predicted octanol–water partition coefficient (Wildman–Crippen LogP) is 2.80. The lowest BCUT2D eigenvalue weighted by atomic mass is 9.63. The number of benzene rings is 1. The van der Waals surface area contributed by atoms with Crippen molar-refractivity contribution < 1.29 is 14.4 Å². The topological polar surface area (TPSA) is 66.5 Å². The molecule has 1 aromatic rings. The Hall–Kier alpha value is -2.43. The highest BCUT2D eigenvalue weighted by Crippen LogP contribution is 2.65. The van der Waals surface area contributed by atoms with Crippen molar-refractivity contribution in [3.05, 3.63) is 41.5 Å². The summed E-state index contributed by atoms with van der Waals surface area (Å²) in [6.45, 7) is 3.92. The number of rotatable bonds is 5. The minimum Gasteiger partial charge on any atom is -0.324 e. The van der Waals surface area contributed by atoms with Gasteiger partial charge in [0.05, 0.1) is 11.8 Å². The molecule has 3 fully saturated rings. The zero-order valence-corrected chi connectivity index (χ0v) is 16.4. The monoisotopic (exact) mass is 378 g/mol. The van der Waals surface area contributed by atoms with Crippen LogP contribution < -0.4 is 5.32 Å². The Bertz CT molecular complexity index is 847. The molecule has 146 valence electrons. The first-order chi connectivity index (χ1) is 13.5. The van der Waals surface area contributed by atoms with Gasteiger partial charge in [0.25, 0.3) is 0 Å². The van der Waals surface area contributed by atoms with E-state index in [4.69, 9.17) is 0 Å². The minimum atomic E-state index is -0.290. The Morgan fingerprint density at radius 2 is 1.54 bits per heavy atom. The number of amides is 3. The Morgan fingerprint density at radius 3 is 2.04 bits per heavy atom. The predicted molar refractivity (Wildman–Crippen MR) is 105 cm³/mol. The maximum atomic E-state index is 13.0. The lowest BCUT2D eigenvalue weighted by molar-refractivity contribution is -0.142. The van der Waals surface area contributed by atoms with E-state index in [1.54, 1.807) is 0 Å². The largest absolute Gasteiger partial charge is 0.324 e. The van der Waals surface area contributed by atoms with Crippen LogP contribution in [-0.2, 0) is 27.2 Å². The fourth-order valence-electron chi connectivity index (χ4n) is 5.90. The first-order valence-corrected chi connectivity index (χ1v) is 10.5. The number of nitrogens with one attached hydrogen (secondary N) is 1. The maximum absolute atomic E-state index is 13.0. The van der Waals surface area contributed by atoms with Crippen molar-refractivity contribution in [2.45, 2.75) is 33.1 Å². The van der Waals surface area contributed by atoms with E-state index >= 15 is 0 Å². The van der Waals surface area contributed by atoms with Crippen LogP contribution in [0.15, 0.2) is 30.4 Å². The standard InChI is InChI=1S/C23H26N2O3/c1-3-12-6-5-7-13(4-2)21(12)24-18(26)11-25-22(27)19-14-8-9-15(17-10-16(14)17)20(19)23(25)28/h5-9,14-17,19-20H,3-4,10-11H2,1-2H3,(H,24,26)/t14-,15-,16-,17-,19-,20+/m0/s1. The molecule has 1 aliphatic heterocycles. The molecule has 4 aliphatic carbocycles. The smallest absolute Gasteiger partial charge is 0.244 e. The summed E-state index contributed by atoms with van der Waals surface area (Å²) >= 11 is 0. The van der Waals surface area contributed by atoms with Crippen molar-refractivity contribution in [3.63, 3.8) is 0 Å². The fourth-order valence-corrected chi connectivity index (χ4v) is 5.90. The van der Waals surface area contributed by atoms with Crippen LogP contribution in [-0.4, -0.2) is 29.2 Å². The Balaban J connectivity index is 1.35. The molecule has 0 spiro atoms. The van der Waals surface area contributed by atoms with Crippen LogP contribution in [0, 0.1) is 35.5 Å². The van der Waals surface area contributed by atoms with Crippen molar-refractivity contribution >= 4 is 23.4 Å². The molecule has 1 N–H and O–H groups in total. The van der Waals surface area contributed by atoms with Gasteiger partial charge in [-0.15, -0.1) is 0 Å². The highest BCUT2D eigenvalue weighted by molar-refractivity contribution is 6.09. The third kappa shape index (κ3) is 2.41. The molecule has 0 radical (unpaired) electrons. The number of imide groups is 1. The van der Waals surface area contributed by atoms with Crippen LogP contribution in [0.25, 0.3) is 0 Å². The number of hydrogen-bond donors (Lipinski definition) is 1. The quantitative estimate of drug-likeness (QED) is 0.633. The average Bonchev–Trinajstić information content (AvgIpc) is 3.49. The van der Waals surface area contributed by atoms with Crippen LogP contribution in [0.4, 0.5) is 5.69 Å². The number of hydrogen-bond acceptors (Lipinski definition) is 3. The SMILES string of the molecule is CCc1cccc(CC)c1NC(=O)CN1C(=O)[C@@H]2[C@H]3C=C[C@@H]([C@@H]4C[C@@H]34)[C@@H]2C1=O. The molecule has 28 heavy (non-hydrogen) atoms. The van der Waals surface area contributed by atoms with Gasteiger partial charge in [0, 0.05) is 5.69 Å². The molecule has 5 heteroatoms. The number of likely N-dealkylation sites (tertiary alicyclic amines) is 1. The van der Waals surface area contributed by atoms with Gasteiger partial charge in [-0.05, 0) is 54.1 Å². The van der Waals surface area contributed by atoms with E-state index < -0.39 is 0 Å². The van der Waals surface area contributed by atoms with Crippen LogP contribution >= 0.6 is 0 Å². The molecule has 6 rings (SSSR count). The zero-order chi connectivity index (χ0) is 19.6. The van der Waals surface area contributed by atoms with Gasteiger partial charge in [-0.2, -0.15) is 0 Å². The zero-order valence-electron chi connectivity index (χ0n) is 16.4. The van der Waals surface area contributed by atoms with Crippen LogP contribution in [0.2, 0.25) is 0 Å². The lowest BCUT2D eigenvalue weighted by Crippen LogP contribution is -2.40. The molecule has 3 amide bonds. The first kappa shape index (κ1) is 17.7. The summed E-state index contributed by atoms with van der Waals surface area (Å²) in [6.07, 6.45) is 7.07. The summed E-state index contributed by atoms with van der Waals surface area (Å²) in [5, 5.41) is 2.99. The Labute approximate surface area is 165 Å². The van der Waals surface area contributed by atoms with Crippen LogP contribution in [0.3, 0.4) is 0 Å². The Morgan fingerprint density at radius 1 is 1.00 bits per heavy atom. The third-order valence-electron chi connectivity index (χ3n) is 7.32. The molecule has 1 aromatic carbocycles. The van der Waals surface area contributed by atoms with Crippen LogP contribution in [0.5, 0.6) is 0 Å². The van der Waals surface area contributed by atoms with Crippen molar-refractivity contribution in [1.82, 2.24) is 4.90 Å². The van der Waals surface area contributed by atoms with Crippen molar-refractivity contribution in [1.29, 1.82) is 0 Å². The molecule has 1 heterocycles. The van der Waals surface area contributed by atoms with E-state index in [1.807, 2.05) is 18.2 Å². The molecular formula is C23H26N2O3. The number of para-hydroxylation sites is 1. The first-order valence-electron chi connectivity index (χ1n) is 10.5. The molecular weight excluding hydrogens is 352 g/mol. The average molecular weight is 378 g/mol. The Kier molecular flexibility index (Phi) is 3.97. The molecule has 0 aromatic heterocycles. The second kappa shape index (κ2) is 6.29. The molecule has 2 saturated carbocycles. The van der Waals surface area contributed by atoms with E-state index in [2.05, 4.69) is 31.3 Å². The summed E-state index contributed by atoms with van der Waals surface area (Å²) in [5.74, 6) is 0.469. The summed E-state index contributed by atoms with van der Waals surface area (Å²) in [6, 6.07) is 6.01. The molecule has 6 atom stereocenters. The van der Waals surface area contributed by atoms with Crippen molar-refractivity contribution in [2.75, 3.05) is 11.9 Å². The molecule has 1 saturated heterocycles. The fraction of sp³-hybridized carbons (Fsp3) is 0.522. The minimum absolute atomic E-state index is 0.144. The summed E-state index contributed by atoms with van der Waals surface area (Å²) in [5.41, 5.74) is 2.97. The number of carbonyl (C=O) groups excluding carboxylic acids is 3. The number of anilines is 1. The van der Waals surface area contributed by atoms with Crippen molar-refractivity contribution in [2.24, 2.45) is 35.5 Å². The van der Waals surface area contributed by atoms with Crippen molar-refractivity contribution in [3.8, 4) is 0 Å². The highest BCUT2D eigenvalue weighted by atomic mass is 16.2. The van der Waals surface area contributed by atoms with Crippen LogP contribution in [0.1, 0.15) is 31.4 Å². The lowest BCUT2D eigenvalue weighted by Gasteiger charge is -2.37. The van der Waals surface area contributed by atoms with Gasteiger partial charge in [-0.25, -0.2) is 0 Å². The normalized spacial score (nSPS) is 34.4. The number of nitrogens with zero attached hydrogens (tertiary/aromatic N) is 1. The molecule has 0 unspecified atom stereocenters. The van der Waals surface area contributed by atoms with E-state index in [1.165, 1.54) is 4.90 Å². The summed E-state index contributed by atoms with van der Waals surface area (Å²) in [7, 11) is 0. The van der Waals surface area contributed by atoms with Gasteiger partial charge in [0.15, 0.2) is 0 Å². The summed E-state index contributed by atoms with van der Waals surface area (Å²) in [4.78, 5) is 40.1. The second-order valence-electron chi connectivity index (χ2n) is 8.62. The van der Waals surface area contributed by atoms with E-state index in [0.717, 1.165) is 36.1 Å². The molecule has 5 aliphatic rings. The van der Waals surface area contributed by atoms with Gasteiger partial charge in [-0.3, -0.25) is 19.3 Å². The van der Waals surface area contributed by atoms with Gasteiger partial charge in [-0.1, -0.05) is 44.2 Å². The molecule has 5 nitrogen and oxygen atoms in total. The van der Waals surface area contributed by atoms with E-state index in [-0.39, 0.29) is 47.9 Å². The second-order valence-corrected chi connectivity index (χ2v) is 8.62. The van der Waals surface area contributed by atoms with Gasteiger partial charge in [0.2, 0.25) is 17.7 Å².